The average molecular weight is 369 g/mol. The number of amides is 3. The number of hydrogen-bond acceptors (Lipinski definition) is 6. The topological polar surface area (TPSA) is 94.2 Å². The molecule has 0 spiro atoms. The van der Waals surface area contributed by atoms with Crippen LogP contribution in [0.1, 0.15) is 12.5 Å². The van der Waals surface area contributed by atoms with E-state index in [1.54, 1.807) is 12.1 Å². The van der Waals surface area contributed by atoms with Gasteiger partial charge in [-0.2, -0.15) is 0 Å². The maximum absolute atomic E-state index is 12.3. The van der Waals surface area contributed by atoms with Crippen molar-refractivity contribution in [2.75, 3.05) is 27.4 Å². The van der Waals surface area contributed by atoms with Gasteiger partial charge in [0.1, 0.15) is 12.2 Å². The smallest absolute Gasteiger partial charge is 0.329 e. The fourth-order valence-corrected chi connectivity index (χ4v) is 2.36. The lowest BCUT2D eigenvalue weighted by Crippen LogP contribution is -2.36. The SMILES string of the molecule is CCOc1cc(Cl)c(/C=C2/NC(=O)N(CC(=O)OC)C2=O)cc1OC. The molecule has 134 valence electrons. The zero-order valence-electron chi connectivity index (χ0n) is 13.9. The third kappa shape index (κ3) is 4.03. The molecule has 1 aromatic rings. The summed E-state index contributed by atoms with van der Waals surface area (Å²) in [6.45, 7) is 1.79. The van der Waals surface area contributed by atoms with Gasteiger partial charge in [-0.25, -0.2) is 9.69 Å². The molecule has 3 amide bonds. The maximum Gasteiger partial charge on any atom is 0.329 e. The van der Waals surface area contributed by atoms with E-state index in [-0.39, 0.29) is 5.70 Å². The Hall–Kier alpha value is -2.74. The van der Waals surface area contributed by atoms with Crippen LogP contribution in [0.4, 0.5) is 4.79 Å². The average Bonchev–Trinajstić information content (AvgIpc) is 2.84. The number of nitrogens with zero attached hydrogens (tertiary/aromatic N) is 1. The van der Waals surface area contributed by atoms with E-state index in [0.29, 0.717) is 28.7 Å². The van der Waals surface area contributed by atoms with Crippen molar-refractivity contribution in [3.05, 3.63) is 28.4 Å². The maximum atomic E-state index is 12.3. The monoisotopic (exact) mass is 368 g/mol. The highest BCUT2D eigenvalue weighted by molar-refractivity contribution is 6.32. The van der Waals surface area contributed by atoms with Gasteiger partial charge < -0.3 is 19.5 Å². The van der Waals surface area contributed by atoms with Crippen LogP contribution in [-0.4, -0.2) is 50.2 Å². The predicted molar refractivity (Wildman–Crippen MR) is 89.4 cm³/mol. The van der Waals surface area contributed by atoms with E-state index in [1.807, 2.05) is 6.92 Å². The van der Waals surface area contributed by atoms with Crippen molar-refractivity contribution in [3.8, 4) is 11.5 Å². The number of esters is 1. The zero-order chi connectivity index (χ0) is 18.6. The number of rotatable bonds is 6. The standard InChI is InChI=1S/C16H17ClN2O6/c1-4-25-13-7-10(17)9(6-12(13)23-2)5-11-15(21)19(16(22)18-11)8-14(20)24-3/h5-7H,4,8H2,1-3H3,(H,18,22)/b11-5+. The Morgan fingerprint density at radius 1 is 1.28 bits per heavy atom. The van der Waals surface area contributed by atoms with Crippen LogP contribution in [0.25, 0.3) is 6.08 Å². The van der Waals surface area contributed by atoms with E-state index in [0.717, 1.165) is 4.90 Å². The molecule has 1 aromatic carbocycles. The van der Waals surface area contributed by atoms with Crippen LogP contribution >= 0.6 is 11.6 Å². The van der Waals surface area contributed by atoms with Crippen molar-refractivity contribution in [3.63, 3.8) is 0 Å². The molecular formula is C16H17ClN2O6. The molecular weight excluding hydrogens is 352 g/mol. The first-order valence-electron chi connectivity index (χ1n) is 7.33. The lowest BCUT2D eigenvalue weighted by molar-refractivity contribution is -0.143. The van der Waals surface area contributed by atoms with Crippen molar-refractivity contribution in [1.82, 2.24) is 10.2 Å². The van der Waals surface area contributed by atoms with Gasteiger partial charge in [0.25, 0.3) is 5.91 Å². The number of ether oxygens (including phenoxy) is 3. The molecule has 1 heterocycles. The van der Waals surface area contributed by atoms with Gasteiger partial charge in [-0.3, -0.25) is 9.59 Å². The van der Waals surface area contributed by atoms with Gasteiger partial charge in [-0.15, -0.1) is 0 Å². The lowest BCUT2D eigenvalue weighted by Gasteiger charge is -2.11. The van der Waals surface area contributed by atoms with E-state index in [2.05, 4.69) is 10.1 Å². The molecule has 1 saturated heterocycles. The Morgan fingerprint density at radius 3 is 2.60 bits per heavy atom. The summed E-state index contributed by atoms with van der Waals surface area (Å²) in [6, 6.07) is 2.43. The van der Waals surface area contributed by atoms with Crippen molar-refractivity contribution < 1.29 is 28.6 Å². The van der Waals surface area contributed by atoms with Crippen LogP contribution in [0.15, 0.2) is 17.8 Å². The number of imide groups is 1. The minimum Gasteiger partial charge on any atom is -0.493 e. The third-order valence-corrected chi connectivity index (χ3v) is 3.69. The second kappa shape index (κ2) is 7.89. The van der Waals surface area contributed by atoms with E-state index >= 15 is 0 Å². The molecule has 1 aliphatic heterocycles. The van der Waals surface area contributed by atoms with E-state index in [1.165, 1.54) is 20.3 Å². The number of carbonyl (C=O) groups excluding carboxylic acids is 3. The molecule has 9 heteroatoms. The van der Waals surface area contributed by atoms with E-state index in [9.17, 15) is 14.4 Å². The van der Waals surface area contributed by atoms with E-state index < -0.39 is 24.5 Å². The summed E-state index contributed by atoms with van der Waals surface area (Å²) >= 11 is 6.21. The molecule has 8 nitrogen and oxygen atoms in total. The second-order valence-corrected chi connectivity index (χ2v) is 5.32. The normalized spacial score (nSPS) is 15.4. The first-order valence-corrected chi connectivity index (χ1v) is 7.70. The molecule has 0 unspecified atom stereocenters. The highest BCUT2D eigenvalue weighted by atomic mass is 35.5. The van der Waals surface area contributed by atoms with Crippen LogP contribution in [-0.2, 0) is 14.3 Å². The van der Waals surface area contributed by atoms with Crippen LogP contribution < -0.4 is 14.8 Å². The first kappa shape index (κ1) is 18.6. The van der Waals surface area contributed by atoms with Crippen molar-refractivity contribution in [2.24, 2.45) is 0 Å². The summed E-state index contributed by atoms with van der Waals surface area (Å²) in [5.41, 5.74) is 0.438. The van der Waals surface area contributed by atoms with Gasteiger partial charge in [-0.05, 0) is 24.6 Å². The van der Waals surface area contributed by atoms with Gasteiger partial charge in [0.15, 0.2) is 11.5 Å². The van der Waals surface area contributed by atoms with Gasteiger partial charge in [-0.1, -0.05) is 11.6 Å². The van der Waals surface area contributed by atoms with E-state index in [4.69, 9.17) is 21.1 Å². The highest BCUT2D eigenvalue weighted by Crippen LogP contribution is 2.34. The summed E-state index contributed by atoms with van der Waals surface area (Å²) in [5.74, 6) is -0.461. The highest BCUT2D eigenvalue weighted by Gasteiger charge is 2.35. The largest absolute Gasteiger partial charge is 0.493 e. The summed E-state index contributed by atoms with van der Waals surface area (Å²) in [5, 5.41) is 2.71. The summed E-state index contributed by atoms with van der Waals surface area (Å²) in [6.07, 6.45) is 1.40. The zero-order valence-corrected chi connectivity index (χ0v) is 14.7. The number of carbonyl (C=O) groups is 3. The molecule has 0 aliphatic carbocycles. The Balaban J connectivity index is 2.33. The van der Waals surface area contributed by atoms with Crippen LogP contribution in [0.2, 0.25) is 5.02 Å². The fraction of sp³-hybridized carbons (Fsp3) is 0.312. The molecule has 0 radical (unpaired) electrons. The third-order valence-electron chi connectivity index (χ3n) is 3.36. The van der Waals surface area contributed by atoms with Crippen molar-refractivity contribution in [1.29, 1.82) is 0 Å². The Labute approximate surface area is 149 Å². The molecule has 0 saturated carbocycles. The number of hydrogen-bond donors (Lipinski definition) is 1. The second-order valence-electron chi connectivity index (χ2n) is 4.91. The number of nitrogens with one attached hydrogen (secondary N) is 1. The fourth-order valence-electron chi connectivity index (χ4n) is 2.15. The quantitative estimate of drug-likeness (QED) is 0.467. The Kier molecular flexibility index (Phi) is 5.87. The molecule has 25 heavy (non-hydrogen) atoms. The molecule has 1 fully saturated rings. The summed E-state index contributed by atoms with van der Waals surface area (Å²) < 4.78 is 15.1. The van der Waals surface area contributed by atoms with Gasteiger partial charge in [0.05, 0.1) is 25.8 Å². The predicted octanol–water partition coefficient (Wildman–Crippen LogP) is 1.81. The number of benzene rings is 1. The van der Waals surface area contributed by atoms with Crippen LogP contribution in [0, 0.1) is 0 Å². The molecule has 0 bridgehead atoms. The Morgan fingerprint density at radius 2 is 2.00 bits per heavy atom. The molecule has 0 aromatic heterocycles. The molecule has 0 atom stereocenters. The summed E-state index contributed by atoms with van der Waals surface area (Å²) in [4.78, 5) is 36.2. The Bertz CT molecular complexity index is 746. The first-order chi connectivity index (χ1) is 11.9. The summed E-state index contributed by atoms with van der Waals surface area (Å²) in [7, 11) is 2.65. The number of methoxy groups -OCH3 is 2. The molecule has 1 aliphatic rings. The van der Waals surface area contributed by atoms with Crippen LogP contribution in [0.3, 0.4) is 0 Å². The minimum atomic E-state index is -0.712. The number of urea groups is 1. The lowest BCUT2D eigenvalue weighted by atomic mass is 10.1. The van der Waals surface area contributed by atoms with Gasteiger partial charge in [0.2, 0.25) is 0 Å². The molecule has 2 rings (SSSR count). The van der Waals surface area contributed by atoms with Gasteiger partial charge in [0, 0.05) is 6.07 Å². The van der Waals surface area contributed by atoms with Crippen LogP contribution in [0.5, 0.6) is 11.5 Å². The van der Waals surface area contributed by atoms with Crippen molar-refractivity contribution >= 4 is 35.6 Å². The van der Waals surface area contributed by atoms with Crippen molar-refractivity contribution in [2.45, 2.75) is 6.92 Å². The molecule has 1 N–H and O–H groups in total. The number of halogens is 1. The van der Waals surface area contributed by atoms with Gasteiger partial charge >= 0.3 is 12.0 Å². The minimum absolute atomic E-state index is 0.0120.